The molecule has 53 heavy (non-hydrogen) atoms. The summed E-state index contributed by atoms with van der Waals surface area (Å²) < 4.78 is 2.18. The lowest BCUT2D eigenvalue weighted by molar-refractivity contribution is 0.954. The lowest BCUT2D eigenvalue weighted by Crippen LogP contribution is -2.06. The molecule has 0 spiro atoms. The second-order valence-corrected chi connectivity index (χ2v) is 13.6. The van der Waals surface area contributed by atoms with E-state index in [1.807, 2.05) is 18.2 Å². The average molecular weight is 675 g/mol. The zero-order valence-corrected chi connectivity index (χ0v) is 28.6. The van der Waals surface area contributed by atoms with Crippen LogP contribution in [0, 0.1) is 0 Å². The van der Waals surface area contributed by atoms with Crippen molar-refractivity contribution in [3.8, 4) is 73.2 Å². The van der Waals surface area contributed by atoms with Crippen molar-refractivity contribution in [3.05, 3.63) is 182 Å². The molecule has 0 aliphatic heterocycles. The standard InChI is InChI=1S/C49H30N4/c1-4-15-31(16-5-1)34-29-41(32-17-6-2-7-18-32)46-40-28-27-39(37-23-14-24-38(45(37)40)42(46)30-34)48-50-47(33-19-8-3-9-20-33)51-49(52-48)53-43-25-12-10-21-35(43)36-22-11-13-26-44(36)53/h1-30H. The van der Waals surface area contributed by atoms with Gasteiger partial charge in [-0.2, -0.15) is 9.97 Å². The third-order valence-corrected chi connectivity index (χ3v) is 10.6. The molecule has 0 fully saturated rings. The first-order valence-corrected chi connectivity index (χ1v) is 18.0. The van der Waals surface area contributed by atoms with E-state index >= 15 is 0 Å². The summed E-state index contributed by atoms with van der Waals surface area (Å²) in [5.41, 5.74) is 13.8. The number of para-hydroxylation sites is 2. The summed E-state index contributed by atoms with van der Waals surface area (Å²) in [7, 11) is 0. The molecule has 0 unspecified atom stereocenters. The predicted molar refractivity (Wildman–Crippen MR) is 218 cm³/mol. The predicted octanol–water partition coefficient (Wildman–Crippen LogP) is 12.4. The van der Waals surface area contributed by atoms with E-state index in [-0.39, 0.29) is 0 Å². The van der Waals surface area contributed by atoms with Gasteiger partial charge in [-0.05, 0) is 85.6 Å². The smallest absolute Gasteiger partial charge is 0.238 e. The zero-order valence-electron chi connectivity index (χ0n) is 28.6. The van der Waals surface area contributed by atoms with Crippen molar-refractivity contribution in [2.45, 2.75) is 0 Å². The van der Waals surface area contributed by atoms with Crippen LogP contribution in [0.15, 0.2) is 182 Å². The highest BCUT2D eigenvalue weighted by Gasteiger charge is 2.28. The number of hydrogen-bond acceptors (Lipinski definition) is 3. The van der Waals surface area contributed by atoms with Crippen molar-refractivity contribution < 1.29 is 0 Å². The Morgan fingerprint density at radius 2 is 0.868 bits per heavy atom. The van der Waals surface area contributed by atoms with Crippen LogP contribution in [0.3, 0.4) is 0 Å². The van der Waals surface area contributed by atoms with Crippen LogP contribution in [0.2, 0.25) is 0 Å². The number of benzene rings is 8. The van der Waals surface area contributed by atoms with E-state index in [1.54, 1.807) is 0 Å². The molecule has 0 amide bonds. The van der Waals surface area contributed by atoms with Gasteiger partial charge in [-0.15, -0.1) is 0 Å². The maximum Gasteiger partial charge on any atom is 0.238 e. The molecule has 1 aliphatic rings. The van der Waals surface area contributed by atoms with Crippen LogP contribution in [-0.4, -0.2) is 19.5 Å². The highest BCUT2D eigenvalue weighted by Crippen LogP contribution is 2.53. The maximum absolute atomic E-state index is 5.31. The maximum atomic E-state index is 5.31. The molecule has 0 saturated heterocycles. The van der Waals surface area contributed by atoms with Crippen molar-refractivity contribution in [2.24, 2.45) is 0 Å². The summed E-state index contributed by atoms with van der Waals surface area (Å²) in [5, 5.41) is 4.68. The zero-order chi connectivity index (χ0) is 34.9. The van der Waals surface area contributed by atoms with Gasteiger partial charge in [-0.3, -0.25) is 4.57 Å². The fraction of sp³-hybridized carbons (Fsp3) is 0. The number of fused-ring (bicyclic) bond motifs is 6. The Morgan fingerprint density at radius 1 is 0.321 bits per heavy atom. The molecule has 4 nitrogen and oxygen atoms in total. The third-order valence-electron chi connectivity index (χ3n) is 10.6. The third kappa shape index (κ3) is 4.59. The van der Waals surface area contributed by atoms with Crippen molar-refractivity contribution in [1.82, 2.24) is 19.5 Å². The molecule has 2 aromatic heterocycles. The number of nitrogens with zero attached hydrogens (tertiary/aromatic N) is 4. The highest BCUT2D eigenvalue weighted by molar-refractivity contribution is 6.21. The second-order valence-electron chi connectivity index (χ2n) is 13.6. The summed E-state index contributed by atoms with van der Waals surface area (Å²) in [6.07, 6.45) is 0. The summed E-state index contributed by atoms with van der Waals surface area (Å²) >= 11 is 0. The Labute approximate surface area is 306 Å². The molecule has 11 rings (SSSR count). The van der Waals surface area contributed by atoms with Gasteiger partial charge in [0.05, 0.1) is 11.0 Å². The Morgan fingerprint density at radius 3 is 1.57 bits per heavy atom. The van der Waals surface area contributed by atoms with Gasteiger partial charge in [-0.25, -0.2) is 4.98 Å². The molecular formula is C49H30N4. The molecule has 0 radical (unpaired) electrons. The van der Waals surface area contributed by atoms with E-state index in [0.29, 0.717) is 17.6 Å². The van der Waals surface area contributed by atoms with Crippen LogP contribution in [0.4, 0.5) is 0 Å². The van der Waals surface area contributed by atoms with Crippen molar-refractivity contribution in [1.29, 1.82) is 0 Å². The quantitative estimate of drug-likeness (QED) is 0.182. The number of rotatable bonds is 5. The van der Waals surface area contributed by atoms with Crippen molar-refractivity contribution >= 4 is 32.6 Å². The Bertz CT molecular complexity index is 2980. The van der Waals surface area contributed by atoms with Gasteiger partial charge < -0.3 is 0 Å². The Balaban J connectivity index is 1.18. The van der Waals surface area contributed by atoms with Crippen LogP contribution in [0.1, 0.15) is 0 Å². The lowest BCUT2D eigenvalue weighted by Gasteiger charge is -2.15. The first-order valence-electron chi connectivity index (χ1n) is 18.0. The molecule has 8 aromatic carbocycles. The number of hydrogen-bond donors (Lipinski definition) is 0. The van der Waals surface area contributed by atoms with Crippen LogP contribution in [0.25, 0.3) is 106 Å². The van der Waals surface area contributed by atoms with Gasteiger partial charge in [0.2, 0.25) is 5.95 Å². The molecular weight excluding hydrogens is 645 g/mol. The van der Waals surface area contributed by atoms with E-state index in [4.69, 9.17) is 15.0 Å². The molecule has 0 bridgehead atoms. The summed E-state index contributed by atoms with van der Waals surface area (Å²) in [5.74, 6) is 1.87. The SMILES string of the molecule is c1ccc(-c2cc(-c3ccccc3)c3c(c2)-c2cccc4c(-c5nc(-c6ccccc6)nc(-n6c7ccccc7c7ccccc76)n5)ccc-3c24)cc1. The summed E-state index contributed by atoms with van der Waals surface area (Å²) in [6.45, 7) is 0. The molecule has 10 aromatic rings. The Kier molecular flexibility index (Phi) is 6.52. The van der Waals surface area contributed by atoms with Gasteiger partial charge in [0.25, 0.3) is 0 Å². The largest absolute Gasteiger partial charge is 0.278 e. The molecule has 0 saturated carbocycles. The minimum absolute atomic E-state index is 0.594. The molecule has 1 aliphatic carbocycles. The molecule has 2 heterocycles. The molecule has 0 N–H and O–H groups in total. The molecule has 246 valence electrons. The van der Waals surface area contributed by atoms with E-state index in [1.165, 1.54) is 60.7 Å². The monoisotopic (exact) mass is 674 g/mol. The van der Waals surface area contributed by atoms with E-state index < -0.39 is 0 Å². The van der Waals surface area contributed by atoms with E-state index in [9.17, 15) is 0 Å². The van der Waals surface area contributed by atoms with E-state index in [2.05, 4.69) is 168 Å². The van der Waals surface area contributed by atoms with E-state index in [0.717, 1.165) is 27.5 Å². The van der Waals surface area contributed by atoms with Crippen LogP contribution in [0.5, 0.6) is 0 Å². The highest BCUT2D eigenvalue weighted by atomic mass is 15.2. The van der Waals surface area contributed by atoms with Crippen LogP contribution >= 0.6 is 0 Å². The van der Waals surface area contributed by atoms with Gasteiger partial charge in [0.1, 0.15) is 0 Å². The van der Waals surface area contributed by atoms with Gasteiger partial charge >= 0.3 is 0 Å². The molecule has 0 atom stereocenters. The van der Waals surface area contributed by atoms with Gasteiger partial charge in [0, 0.05) is 21.9 Å². The fourth-order valence-electron chi connectivity index (χ4n) is 8.26. The number of aromatic nitrogens is 4. The topological polar surface area (TPSA) is 43.6 Å². The van der Waals surface area contributed by atoms with Crippen molar-refractivity contribution in [3.63, 3.8) is 0 Å². The van der Waals surface area contributed by atoms with Crippen LogP contribution in [-0.2, 0) is 0 Å². The molecule has 4 heteroatoms. The fourth-order valence-corrected chi connectivity index (χ4v) is 8.26. The lowest BCUT2D eigenvalue weighted by atomic mass is 9.89. The summed E-state index contributed by atoms with van der Waals surface area (Å²) in [6, 6.07) is 64.4. The average Bonchev–Trinajstić information content (AvgIpc) is 3.75. The van der Waals surface area contributed by atoms with Gasteiger partial charge in [-0.1, -0.05) is 152 Å². The minimum Gasteiger partial charge on any atom is -0.278 e. The normalized spacial score (nSPS) is 11.8. The van der Waals surface area contributed by atoms with Crippen molar-refractivity contribution in [2.75, 3.05) is 0 Å². The first kappa shape index (κ1) is 29.5. The Hall–Kier alpha value is -7.17. The summed E-state index contributed by atoms with van der Waals surface area (Å²) in [4.78, 5) is 15.7. The van der Waals surface area contributed by atoms with Gasteiger partial charge in [0.15, 0.2) is 11.6 Å². The van der Waals surface area contributed by atoms with Crippen LogP contribution < -0.4 is 0 Å². The minimum atomic E-state index is 0.594. The first-order chi connectivity index (χ1) is 26.3. The second kappa shape index (κ2) is 11.7.